The normalized spacial score (nSPS) is 16.0. The first-order valence-electron chi connectivity index (χ1n) is 11.8. The Kier molecular flexibility index (Phi) is 5.47. The first-order valence-corrected chi connectivity index (χ1v) is 11.8. The van der Waals surface area contributed by atoms with Crippen molar-refractivity contribution in [3.8, 4) is 34.2 Å². The molecular formula is C26H25N9O. The summed E-state index contributed by atoms with van der Waals surface area (Å²) in [6, 6.07) is 8.60. The lowest BCUT2D eigenvalue weighted by atomic mass is 10.0. The van der Waals surface area contributed by atoms with Crippen molar-refractivity contribution < 1.29 is 4.74 Å². The first-order chi connectivity index (χ1) is 17.6. The van der Waals surface area contributed by atoms with E-state index in [4.69, 9.17) is 9.84 Å². The SMILES string of the molecule is COc1ccc(CN2CC[C@@H](n3cc(-c4cc(-c5cnn(C)c5)cn5ncc(C#N)c45)cn3)C2)cn1. The molecule has 0 bridgehead atoms. The number of likely N-dealkylation sites (tertiary alicyclic amines) is 1. The standard InChI is InChI=1S/C26H25N9O/c1-32-14-21(11-29-32)19-7-24(26-20(8-27)10-31-35(26)15-19)22-12-30-34(16-22)23-5-6-33(17-23)13-18-3-4-25(36-2)28-9-18/h3-4,7,9-12,14-16,23H,5-6,13,17H2,1-2H3/t23-/m1/s1. The maximum atomic E-state index is 9.69. The number of ether oxygens (including phenoxy) is 1. The third-order valence-corrected chi connectivity index (χ3v) is 6.72. The third kappa shape index (κ3) is 3.99. The Balaban J connectivity index is 1.28. The van der Waals surface area contributed by atoms with Gasteiger partial charge in [0.05, 0.1) is 42.8 Å². The first kappa shape index (κ1) is 22.0. The molecule has 1 fully saturated rings. The van der Waals surface area contributed by atoms with Crippen molar-refractivity contribution in [1.82, 2.24) is 39.1 Å². The molecule has 6 rings (SSSR count). The maximum absolute atomic E-state index is 9.69. The van der Waals surface area contributed by atoms with Gasteiger partial charge in [-0.2, -0.15) is 20.6 Å². The van der Waals surface area contributed by atoms with Crippen molar-refractivity contribution in [1.29, 1.82) is 5.26 Å². The Labute approximate surface area is 208 Å². The van der Waals surface area contributed by atoms with Crippen LogP contribution in [0.3, 0.4) is 0 Å². The van der Waals surface area contributed by atoms with E-state index in [9.17, 15) is 5.26 Å². The minimum Gasteiger partial charge on any atom is -0.481 e. The van der Waals surface area contributed by atoms with Crippen LogP contribution in [0.4, 0.5) is 0 Å². The number of hydrogen-bond acceptors (Lipinski definition) is 7. The Bertz CT molecular complexity index is 1570. The van der Waals surface area contributed by atoms with Crippen LogP contribution in [-0.2, 0) is 13.6 Å². The van der Waals surface area contributed by atoms with Crippen molar-refractivity contribution >= 4 is 5.52 Å². The van der Waals surface area contributed by atoms with E-state index in [0.29, 0.717) is 11.4 Å². The zero-order valence-electron chi connectivity index (χ0n) is 20.1. The van der Waals surface area contributed by atoms with Gasteiger partial charge in [-0.1, -0.05) is 6.07 Å². The molecule has 0 amide bonds. The van der Waals surface area contributed by atoms with Crippen LogP contribution in [0, 0.1) is 11.3 Å². The maximum Gasteiger partial charge on any atom is 0.212 e. The zero-order valence-corrected chi connectivity index (χ0v) is 20.1. The molecule has 1 aliphatic heterocycles. The van der Waals surface area contributed by atoms with E-state index in [1.54, 1.807) is 22.5 Å². The summed E-state index contributed by atoms with van der Waals surface area (Å²) in [7, 11) is 3.52. The van der Waals surface area contributed by atoms with E-state index in [2.05, 4.69) is 49.2 Å². The van der Waals surface area contributed by atoms with Crippen LogP contribution < -0.4 is 4.74 Å². The summed E-state index contributed by atoms with van der Waals surface area (Å²) in [5.41, 5.74) is 6.33. The number of fused-ring (bicyclic) bond motifs is 1. The predicted molar refractivity (Wildman–Crippen MR) is 133 cm³/mol. The molecular weight excluding hydrogens is 454 g/mol. The van der Waals surface area contributed by atoms with Crippen LogP contribution >= 0.6 is 0 Å². The van der Waals surface area contributed by atoms with Crippen molar-refractivity contribution in [2.24, 2.45) is 7.05 Å². The van der Waals surface area contributed by atoms with Crippen LogP contribution in [0.5, 0.6) is 5.88 Å². The summed E-state index contributed by atoms with van der Waals surface area (Å²) in [5, 5.41) is 23.1. The molecule has 0 radical (unpaired) electrons. The number of aromatic nitrogens is 7. The number of nitriles is 1. The summed E-state index contributed by atoms with van der Waals surface area (Å²) in [6.45, 7) is 2.75. The Hall–Kier alpha value is -4.49. The molecule has 0 spiro atoms. The molecule has 5 aromatic rings. The summed E-state index contributed by atoms with van der Waals surface area (Å²) in [4.78, 5) is 6.73. The topological polar surface area (TPSA) is 102 Å². The molecule has 36 heavy (non-hydrogen) atoms. The highest BCUT2D eigenvalue weighted by molar-refractivity contribution is 5.87. The Morgan fingerprint density at radius 2 is 1.92 bits per heavy atom. The van der Waals surface area contributed by atoms with Crippen LogP contribution in [0.1, 0.15) is 23.6 Å². The Morgan fingerprint density at radius 1 is 1.03 bits per heavy atom. The summed E-state index contributed by atoms with van der Waals surface area (Å²) < 4.78 is 10.8. The average molecular weight is 480 g/mol. The molecule has 10 heteroatoms. The van der Waals surface area contributed by atoms with E-state index in [0.717, 1.165) is 59.4 Å². The van der Waals surface area contributed by atoms with Crippen molar-refractivity contribution in [2.75, 3.05) is 20.2 Å². The molecule has 6 heterocycles. The molecule has 10 nitrogen and oxygen atoms in total. The molecule has 5 aromatic heterocycles. The number of pyridine rings is 2. The number of methoxy groups -OCH3 is 1. The smallest absolute Gasteiger partial charge is 0.212 e. The van der Waals surface area contributed by atoms with Crippen LogP contribution in [-0.4, -0.2) is 59.3 Å². The second kappa shape index (κ2) is 8.94. The van der Waals surface area contributed by atoms with E-state index < -0.39 is 0 Å². The van der Waals surface area contributed by atoms with E-state index >= 15 is 0 Å². The van der Waals surface area contributed by atoms with Crippen molar-refractivity contribution in [3.05, 3.63) is 72.7 Å². The fraction of sp³-hybridized carbons (Fsp3) is 0.269. The molecule has 1 atom stereocenters. The van der Waals surface area contributed by atoms with Gasteiger partial charge < -0.3 is 4.74 Å². The van der Waals surface area contributed by atoms with Crippen LogP contribution in [0.15, 0.2) is 61.6 Å². The highest BCUT2D eigenvalue weighted by Crippen LogP contribution is 2.33. The van der Waals surface area contributed by atoms with Gasteiger partial charge in [0.2, 0.25) is 5.88 Å². The summed E-state index contributed by atoms with van der Waals surface area (Å²) in [6.07, 6.45) is 14.2. The van der Waals surface area contributed by atoms with Crippen LogP contribution in [0.25, 0.3) is 27.8 Å². The highest BCUT2D eigenvalue weighted by atomic mass is 16.5. The van der Waals surface area contributed by atoms with Gasteiger partial charge in [-0.05, 0) is 18.1 Å². The van der Waals surface area contributed by atoms with Gasteiger partial charge in [-0.3, -0.25) is 14.3 Å². The molecule has 0 aliphatic carbocycles. The lowest BCUT2D eigenvalue weighted by molar-refractivity contribution is 0.311. The minimum absolute atomic E-state index is 0.280. The van der Waals surface area contributed by atoms with Gasteiger partial charge >= 0.3 is 0 Å². The fourth-order valence-corrected chi connectivity index (χ4v) is 4.88. The van der Waals surface area contributed by atoms with Gasteiger partial charge in [-0.15, -0.1) is 0 Å². The quantitative estimate of drug-likeness (QED) is 0.368. The van der Waals surface area contributed by atoms with Gasteiger partial charge in [0, 0.05) is 79.8 Å². The minimum atomic E-state index is 0.280. The molecule has 180 valence electrons. The number of nitrogens with zero attached hydrogens (tertiary/aromatic N) is 9. The Morgan fingerprint density at radius 3 is 2.67 bits per heavy atom. The van der Waals surface area contributed by atoms with Crippen molar-refractivity contribution in [3.63, 3.8) is 0 Å². The molecule has 1 aliphatic rings. The average Bonchev–Trinajstić information content (AvgIpc) is 3.70. The van der Waals surface area contributed by atoms with Gasteiger partial charge in [0.1, 0.15) is 6.07 Å². The largest absolute Gasteiger partial charge is 0.481 e. The van der Waals surface area contributed by atoms with Gasteiger partial charge in [0.15, 0.2) is 0 Å². The van der Waals surface area contributed by atoms with Gasteiger partial charge in [0.25, 0.3) is 0 Å². The van der Waals surface area contributed by atoms with Gasteiger partial charge in [-0.25, -0.2) is 9.50 Å². The van der Waals surface area contributed by atoms with E-state index in [1.807, 2.05) is 44.1 Å². The van der Waals surface area contributed by atoms with E-state index in [1.165, 1.54) is 0 Å². The summed E-state index contributed by atoms with van der Waals surface area (Å²) >= 11 is 0. The third-order valence-electron chi connectivity index (χ3n) is 6.72. The second-order valence-electron chi connectivity index (χ2n) is 9.10. The zero-order chi connectivity index (χ0) is 24.6. The number of aryl methyl sites for hydroxylation is 1. The second-order valence-corrected chi connectivity index (χ2v) is 9.10. The molecule has 0 aromatic carbocycles. The molecule has 0 saturated carbocycles. The highest BCUT2D eigenvalue weighted by Gasteiger charge is 2.25. The molecule has 0 N–H and O–H groups in total. The van der Waals surface area contributed by atoms with Crippen molar-refractivity contribution in [2.45, 2.75) is 19.0 Å². The number of hydrogen-bond donors (Lipinski definition) is 0. The molecule has 1 saturated heterocycles. The molecule has 0 unspecified atom stereocenters. The van der Waals surface area contributed by atoms with E-state index in [-0.39, 0.29) is 6.04 Å². The predicted octanol–water partition coefficient (Wildman–Crippen LogP) is 3.32. The number of rotatable bonds is 6. The lowest BCUT2D eigenvalue weighted by Gasteiger charge is -2.16. The van der Waals surface area contributed by atoms with Crippen LogP contribution in [0.2, 0.25) is 0 Å². The monoisotopic (exact) mass is 479 g/mol. The lowest BCUT2D eigenvalue weighted by Crippen LogP contribution is -2.21. The fourth-order valence-electron chi connectivity index (χ4n) is 4.88. The summed E-state index contributed by atoms with van der Waals surface area (Å²) in [5.74, 6) is 0.626.